The second-order valence-corrected chi connectivity index (χ2v) is 6.43. The number of halogens is 3. The number of hydrogen-bond acceptors (Lipinski definition) is 2. The average Bonchev–Trinajstić information content (AvgIpc) is 2.96. The van der Waals surface area contributed by atoms with Crippen LogP contribution in [0.4, 0.5) is 13.2 Å². The van der Waals surface area contributed by atoms with Crippen LogP contribution in [0, 0.1) is 0 Å². The van der Waals surface area contributed by atoms with Crippen molar-refractivity contribution in [3.63, 3.8) is 0 Å². The highest BCUT2D eigenvalue weighted by Crippen LogP contribution is 2.30. The molecule has 0 aliphatic carbocycles. The minimum atomic E-state index is -4.36. The Balaban J connectivity index is 2.07. The summed E-state index contributed by atoms with van der Waals surface area (Å²) >= 11 is 0. The standard InChI is InChI=1S/C19H18F3N3O/c1-11(2)25-15-5-3-4-13(16(15)17(24-25)18(23)26)10-12-6-8-14(9-7-12)19(20,21)22/h3-9,11H,10H2,1-2H3,(H2,23,26). The molecule has 26 heavy (non-hydrogen) atoms. The zero-order valence-corrected chi connectivity index (χ0v) is 14.3. The minimum Gasteiger partial charge on any atom is -0.364 e. The Morgan fingerprint density at radius 3 is 2.35 bits per heavy atom. The van der Waals surface area contributed by atoms with E-state index in [1.54, 1.807) is 4.68 Å². The minimum absolute atomic E-state index is 0.0342. The van der Waals surface area contributed by atoms with Gasteiger partial charge in [-0.2, -0.15) is 18.3 Å². The molecule has 3 aromatic rings. The van der Waals surface area contributed by atoms with Gasteiger partial charge in [-0.05, 0) is 49.6 Å². The zero-order chi connectivity index (χ0) is 19.1. The highest BCUT2D eigenvalue weighted by Gasteiger charge is 2.30. The van der Waals surface area contributed by atoms with Crippen molar-refractivity contribution >= 4 is 16.8 Å². The van der Waals surface area contributed by atoms with E-state index in [2.05, 4.69) is 5.10 Å². The number of carbonyl (C=O) groups excluding carboxylic acids is 1. The molecule has 0 fully saturated rings. The number of nitrogens with zero attached hydrogens (tertiary/aromatic N) is 2. The lowest BCUT2D eigenvalue weighted by atomic mass is 9.99. The van der Waals surface area contributed by atoms with E-state index in [1.807, 2.05) is 32.0 Å². The molecule has 2 N–H and O–H groups in total. The lowest BCUT2D eigenvalue weighted by Crippen LogP contribution is -2.13. The SMILES string of the molecule is CC(C)n1nc(C(N)=O)c2c(Cc3ccc(C(F)(F)F)cc3)cccc21. The molecule has 0 spiro atoms. The van der Waals surface area contributed by atoms with Crippen molar-refractivity contribution in [1.29, 1.82) is 0 Å². The lowest BCUT2D eigenvalue weighted by molar-refractivity contribution is -0.137. The molecule has 0 radical (unpaired) electrons. The molecule has 0 aliphatic heterocycles. The van der Waals surface area contributed by atoms with E-state index >= 15 is 0 Å². The van der Waals surface area contributed by atoms with Crippen molar-refractivity contribution in [3.8, 4) is 0 Å². The number of rotatable bonds is 4. The molecule has 1 aromatic heterocycles. The van der Waals surface area contributed by atoms with Crippen molar-refractivity contribution in [2.24, 2.45) is 5.73 Å². The van der Waals surface area contributed by atoms with Crippen molar-refractivity contribution < 1.29 is 18.0 Å². The van der Waals surface area contributed by atoms with Gasteiger partial charge in [0.1, 0.15) is 0 Å². The van der Waals surface area contributed by atoms with Crippen LogP contribution in [-0.4, -0.2) is 15.7 Å². The maximum atomic E-state index is 12.7. The second-order valence-electron chi connectivity index (χ2n) is 6.43. The molecule has 0 unspecified atom stereocenters. The Hall–Kier alpha value is -2.83. The molecule has 0 bridgehead atoms. The number of alkyl halides is 3. The molecule has 0 aliphatic rings. The van der Waals surface area contributed by atoms with Crippen LogP contribution in [-0.2, 0) is 12.6 Å². The Labute approximate surface area is 148 Å². The van der Waals surface area contributed by atoms with Crippen LogP contribution in [0.25, 0.3) is 10.9 Å². The highest BCUT2D eigenvalue weighted by atomic mass is 19.4. The Bertz CT molecular complexity index is 957. The van der Waals surface area contributed by atoms with Gasteiger partial charge in [0.05, 0.1) is 11.1 Å². The van der Waals surface area contributed by atoms with E-state index < -0.39 is 17.6 Å². The van der Waals surface area contributed by atoms with E-state index in [-0.39, 0.29) is 11.7 Å². The van der Waals surface area contributed by atoms with Gasteiger partial charge in [-0.1, -0.05) is 24.3 Å². The van der Waals surface area contributed by atoms with Crippen LogP contribution in [0.3, 0.4) is 0 Å². The summed E-state index contributed by atoms with van der Waals surface area (Å²) in [5.74, 6) is -0.630. The number of nitrogens with two attached hydrogens (primary N) is 1. The fourth-order valence-electron chi connectivity index (χ4n) is 3.01. The first-order chi connectivity index (χ1) is 12.2. The monoisotopic (exact) mass is 361 g/mol. The van der Waals surface area contributed by atoms with E-state index in [4.69, 9.17) is 5.73 Å². The van der Waals surface area contributed by atoms with Crippen molar-refractivity contribution in [3.05, 3.63) is 64.8 Å². The summed E-state index contributed by atoms with van der Waals surface area (Å²) in [4.78, 5) is 11.8. The van der Waals surface area contributed by atoms with E-state index in [0.717, 1.165) is 23.2 Å². The Morgan fingerprint density at radius 2 is 1.81 bits per heavy atom. The van der Waals surface area contributed by atoms with Gasteiger partial charge in [-0.25, -0.2) is 0 Å². The summed E-state index contributed by atoms with van der Waals surface area (Å²) in [7, 11) is 0. The maximum Gasteiger partial charge on any atom is 0.416 e. The normalized spacial score (nSPS) is 12.1. The Kier molecular flexibility index (Phi) is 4.48. The van der Waals surface area contributed by atoms with Gasteiger partial charge in [-0.3, -0.25) is 9.48 Å². The predicted octanol–water partition coefficient (Wildman–Crippen LogP) is 4.33. The average molecular weight is 361 g/mol. The number of primary amides is 1. The van der Waals surface area contributed by atoms with E-state index in [0.29, 0.717) is 17.4 Å². The second kappa shape index (κ2) is 6.48. The zero-order valence-electron chi connectivity index (χ0n) is 14.3. The first-order valence-electron chi connectivity index (χ1n) is 8.14. The smallest absolute Gasteiger partial charge is 0.364 e. The molecular formula is C19H18F3N3O. The molecule has 1 amide bonds. The summed E-state index contributed by atoms with van der Waals surface area (Å²) < 4.78 is 39.9. The summed E-state index contributed by atoms with van der Waals surface area (Å²) in [6, 6.07) is 10.6. The van der Waals surface area contributed by atoms with Gasteiger partial charge in [0.25, 0.3) is 5.91 Å². The number of aromatic nitrogens is 2. The molecule has 136 valence electrons. The van der Waals surface area contributed by atoms with Gasteiger partial charge in [0.2, 0.25) is 0 Å². The molecule has 7 heteroatoms. The van der Waals surface area contributed by atoms with Crippen LogP contribution in [0.2, 0.25) is 0 Å². The molecule has 3 rings (SSSR count). The molecule has 4 nitrogen and oxygen atoms in total. The predicted molar refractivity (Wildman–Crippen MR) is 92.9 cm³/mol. The lowest BCUT2D eigenvalue weighted by Gasteiger charge is -2.10. The highest BCUT2D eigenvalue weighted by molar-refractivity contribution is 6.05. The van der Waals surface area contributed by atoms with Crippen LogP contribution in [0.15, 0.2) is 42.5 Å². The van der Waals surface area contributed by atoms with Crippen molar-refractivity contribution in [2.45, 2.75) is 32.5 Å². The van der Waals surface area contributed by atoms with Crippen molar-refractivity contribution in [2.75, 3.05) is 0 Å². The molecular weight excluding hydrogens is 343 g/mol. The topological polar surface area (TPSA) is 60.9 Å². The number of hydrogen-bond donors (Lipinski definition) is 1. The summed E-state index contributed by atoms with van der Waals surface area (Å²) in [6.45, 7) is 3.89. The maximum absolute atomic E-state index is 12.7. The first kappa shape index (κ1) is 18.0. The molecule has 0 saturated heterocycles. The quantitative estimate of drug-likeness (QED) is 0.752. The summed E-state index contributed by atoms with van der Waals surface area (Å²) in [5, 5.41) is 4.98. The number of amides is 1. The largest absolute Gasteiger partial charge is 0.416 e. The van der Waals surface area contributed by atoms with Crippen LogP contribution in [0.5, 0.6) is 0 Å². The fraction of sp³-hybridized carbons (Fsp3) is 0.263. The number of benzene rings is 2. The summed E-state index contributed by atoms with van der Waals surface area (Å²) in [5.41, 5.74) is 7.25. The van der Waals surface area contributed by atoms with Gasteiger partial charge < -0.3 is 5.73 Å². The third kappa shape index (κ3) is 3.29. The molecule has 0 atom stereocenters. The number of fused-ring (bicyclic) bond motifs is 1. The van der Waals surface area contributed by atoms with E-state index in [1.165, 1.54) is 12.1 Å². The third-order valence-electron chi connectivity index (χ3n) is 4.22. The van der Waals surface area contributed by atoms with Gasteiger partial charge >= 0.3 is 6.18 Å². The van der Waals surface area contributed by atoms with Crippen LogP contribution in [0.1, 0.15) is 47.1 Å². The summed E-state index contributed by atoms with van der Waals surface area (Å²) in [6.07, 6.45) is -3.99. The van der Waals surface area contributed by atoms with Gasteiger partial charge in [-0.15, -0.1) is 0 Å². The van der Waals surface area contributed by atoms with Crippen LogP contribution < -0.4 is 5.73 Å². The fourth-order valence-corrected chi connectivity index (χ4v) is 3.01. The van der Waals surface area contributed by atoms with Gasteiger partial charge in [0, 0.05) is 11.4 Å². The third-order valence-corrected chi connectivity index (χ3v) is 4.22. The van der Waals surface area contributed by atoms with Gasteiger partial charge in [0.15, 0.2) is 5.69 Å². The van der Waals surface area contributed by atoms with Crippen molar-refractivity contribution in [1.82, 2.24) is 9.78 Å². The molecule has 0 saturated carbocycles. The number of carbonyl (C=O) groups is 1. The molecule has 2 aromatic carbocycles. The first-order valence-corrected chi connectivity index (χ1v) is 8.14. The Morgan fingerprint density at radius 1 is 1.15 bits per heavy atom. The van der Waals surface area contributed by atoms with Crippen LogP contribution >= 0.6 is 0 Å². The molecule has 1 heterocycles. The van der Waals surface area contributed by atoms with E-state index in [9.17, 15) is 18.0 Å².